The molecule has 2 N–H and O–H groups in total. The van der Waals surface area contributed by atoms with Gasteiger partial charge in [0.1, 0.15) is 16.8 Å². The van der Waals surface area contributed by atoms with Crippen molar-refractivity contribution in [1.29, 1.82) is 0 Å². The van der Waals surface area contributed by atoms with E-state index in [9.17, 15) is 0 Å². The molecule has 0 aromatic carbocycles. The molecule has 0 fully saturated rings. The minimum Gasteiger partial charge on any atom is -0.370 e. The van der Waals surface area contributed by atoms with Crippen LogP contribution in [0.3, 0.4) is 0 Å². The Labute approximate surface area is 124 Å². The molecule has 0 aliphatic heterocycles. The van der Waals surface area contributed by atoms with E-state index in [4.69, 9.17) is 11.6 Å². The zero-order chi connectivity index (χ0) is 14.5. The lowest BCUT2D eigenvalue weighted by atomic mass is 10.1. The monoisotopic (exact) mass is 293 g/mol. The van der Waals surface area contributed by atoms with Crippen molar-refractivity contribution in [2.45, 2.75) is 40.0 Å². The van der Waals surface area contributed by atoms with E-state index in [-0.39, 0.29) is 0 Å². The standard InChI is InChI=1S/C14H20ClN5/c1-4-12-18-13(15)9(2)14(19-12)16-7-5-6-11-8-17-20-10(11)3/h8H,4-7H2,1-3H3,(H,17,20)(H,16,18,19). The molecule has 0 radical (unpaired) electrons. The molecule has 0 saturated heterocycles. The fraction of sp³-hybridized carbons (Fsp3) is 0.500. The highest BCUT2D eigenvalue weighted by molar-refractivity contribution is 6.30. The number of aromatic amines is 1. The third kappa shape index (κ3) is 3.48. The second kappa shape index (κ2) is 6.70. The number of anilines is 1. The summed E-state index contributed by atoms with van der Waals surface area (Å²) in [6.45, 7) is 6.84. The van der Waals surface area contributed by atoms with E-state index in [1.165, 1.54) is 5.56 Å². The number of nitrogens with one attached hydrogen (secondary N) is 2. The van der Waals surface area contributed by atoms with E-state index in [1.54, 1.807) is 0 Å². The van der Waals surface area contributed by atoms with Gasteiger partial charge in [-0.2, -0.15) is 5.10 Å². The molecule has 0 unspecified atom stereocenters. The highest BCUT2D eigenvalue weighted by Crippen LogP contribution is 2.20. The van der Waals surface area contributed by atoms with Gasteiger partial charge in [0.15, 0.2) is 0 Å². The van der Waals surface area contributed by atoms with Crippen LogP contribution in [0.2, 0.25) is 5.15 Å². The molecule has 0 saturated carbocycles. The molecular formula is C14H20ClN5. The largest absolute Gasteiger partial charge is 0.370 e. The van der Waals surface area contributed by atoms with Crippen molar-refractivity contribution in [2.75, 3.05) is 11.9 Å². The minimum atomic E-state index is 0.532. The van der Waals surface area contributed by atoms with Crippen molar-refractivity contribution in [1.82, 2.24) is 20.2 Å². The molecule has 0 spiro atoms. The van der Waals surface area contributed by atoms with Crippen LogP contribution in [0.4, 0.5) is 5.82 Å². The third-order valence-electron chi connectivity index (χ3n) is 3.30. The van der Waals surface area contributed by atoms with Crippen LogP contribution < -0.4 is 5.32 Å². The molecule has 6 heteroatoms. The average Bonchev–Trinajstić information content (AvgIpc) is 2.84. The summed E-state index contributed by atoms with van der Waals surface area (Å²) >= 11 is 6.11. The van der Waals surface area contributed by atoms with E-state index in [0.717, 1.165) is 48.7 Å². The topological polar surface area (TPSA) is 66.5 Å². The number of halogens is 1. The average molecular weight is 294 g/mol. The molecular weight excluding hydrogens is 274 g/mol. The molecule has 0 aliphatic rings. The lowest BCUT2D eigenvalue weighted by molar-refractivity contribution is 0.844. The Morgan fingerprint density at radius 3 is 2.75 bits per heavy atom. The van der Waals surface area contributed by atoms with Crippen LogP contribution in [0.25, 0.3) is 0 Å². The zero-order valence-corrected chi connectivity index (χ0v) is 12.9. The van der Waals surface area contributed by atoms with E-state index in [1.807, 2.05) is 27.0 Å². The van der Waals surface area contributed by atoms with E-state index in [0.29, 0.717) is 5.15 Å². The van der Waals surface area contributed by atoms with Gasteiger partial charge in [-0.1, -0.05) is 18.5 Å². The fourth-order valence-corrected chi connectivity index (χ4v) is 2.16. The number of aryl methyl sites for hydroxylation is 3. The van der Waals surface area contributed by atoms with E-state index >= 15 is 0 Å². The number of aromatic nitrogens is 4. The van der Waals surface area contributed by atoms with Gasteiger partial charge in [-0.3, -0.25) is 5.10 Å². The van der Waals surface area contributed by atoms with Gasteiger partial charge >= 0.3 is 0 Å². The first-order valence-corrected chi connectivity index (χ1v) is 7.25. The first-order chi connectivity index (χ1) is 9.61. The number of H-pyrrole nitrogens is 1. The highest BCUT2D eigenvalue weighted by Gasteiger charge is 2.08. The van der Waals surface area contributed by atoms with Crippen molar-refractivity contribution >= 4 is 17.4 Å². The van der Waals surface area contributed by atoms with Gasteiger partial charge in [0.2, 0.25) is 0 Å². The summed E-state index contributed by atoms with van der Waals surface area (Å²) in [7, 11) is 0. The first-order valence-electron chi connectivity index (χ1n) is 6.87. The van der Waals surface area contributed by atoms with Crippen molar-refractivity contribution in [3.63, 3.8) is 0 Å². The maximum Gasteiger partial charge on any atom is 0.137 e. The Hall–Kier alpha value is -1.62. The Morgan fingerprint density at radius 1 is 1.30 bits per heavy atom. The lowest BCUT2D eigenvalue weighted by Gasteiger charge is -2.10. The number of nitrogens with zero attached hydrogens (tertiary/aromatic N) is 3. The van der Waals surface area contributed by atoms with Crippen molar-refractivity contribution in [2.24, 2.45) is 0 Å². The van der Waals surface area contributed by atoms with Gasteiger partial charge in [-0.25, -0.2) is 9.97 Å². The molecule has 20 heavy (non-hydrogen) atoms. The Kier molecular flexibility index (Phi) is 4.95. The predicted molar refractivity (Wildman–Crippen MR) is 81.3 cm³/mol. The Morgan fingerprint density at radius 2 is 2.10 bits per heavy atom. The molecule has 2 aromatic rings. The Bertz CT molecular complexity index is 579. The summed E-state index contributed by atoms with van der Waals surface area (Å²) in [5.74, 6) is 1.61. The Balaban J connectivity index is 1.91. The van der Waals surface area contributed by atoms with Crippen LogP contribution in [0.5, 0.6) is 0 Å². The van der Waals surface area contributed by atoms with Crippen LogP contribution in [0.1, 0.15) is 36.0 Å². The smallest absolute Gasteiger partial charge is 0.137 e. The summed E-state index contributed by atoms with van der Waals surface area (Å²) in [4.78, 5) is 8.71. The molecule has 0 bridgehead atoms. The highest BCUT2D eigenvalue weighted by atomic mass is 35.5. The maximum absolute atomic E-state index is 6.11. The molecule has 2 aromatic heterocycles. The van der Waals surface area contributed by atoms with Crippen LogP contribution >= 0.6 is 11.6 Å². The summed E-state index contributed by atoms with van der Waals surface area (Å²) in [5, 5.41) is 10.9. The van der Waals surface area contributed by atoms with Gasteiger partial charge < -0.3 is 5.32 Å². The molecule has 2 heterocycles. The van der Waals surface area contributed by atoms with Crippen molar-refractivity contribution in [3.05, 3.63) is 34.0 Å². The molecule has 5 nitrogen and oxygen atoms in total. The van der Waals surface area contributed by atoms with Crippen LogP contribution in [0, 0.1) is 13.8 Å². The molecule has 0 aliphatic carbocycles. The van der Waals surface area contributed by atoms with Crippen LogP contribution in [-0.2, 0) is 12.8 Å². The second-order valence-corrected chi connectivity index (χ2v) is 5.17. The number of rotatable bonds is 6. The SMILES string of the molecule is CCc1nc(Cl)c(C)c(NCCCc2cn[nH]c2C)n1. The fourth-order valence-electron chi connectivity index (χ4n) is 1.98. The first kappa shape index (κ1) is 14.8. The molecule has 0 atom stereocenters. The minimum absolute atomic E-state index is 0.532. The number of hydrogen-bond acceptors (Lipinski definition) is 4. The lowest BCUT2D eigenvalue weighted by Crippen LogP contribution is -2.09. The second-order valence-electron chi connectivity index (χ2n) is 4.81. The van der Waals surface area contributed by atoms with Gasteiger partial charge in [-0.05, 0) is 32.3 Å². The molecule has 0 amide bonds. The number of hydrogen-bond donors (Lipinski definition) is 2. The van der Waals surface area contributed by atoms with Gasteiger partial charge in [0.05, 0.1) is 6.20 Å². The summed E-state index contributed by atoms with van der Waals surface area (Å²) < 4.78 is 0. The van der Waals surface area contributed by atoms with Crippen LogP contribution in [-0.4, -0.2) is 26.7 Å². The third-order valence-corrected chi connectivity index (χ3v) is 3.67. The predicted octanol–water partition coefficient (Wildman–Crippen LogP) is 3.08. The van der Waals surface area contributed by atoms with Crippen LogP contribution in [0.15, 0.2) is 6.20 Å². The van der Waals surface area contributed by atoms with Gasteiger partial charge in [0, 0.05) is 24.2 Å². The molecule has 2 rings (SSSR count). The normalized spacial score (nSPS) is 10.8. The summed E-state index contributed by atoms with van der Waals surface area (Å²) in [6, 6.07) is 0. The van der Waals surface area contributed by atoms with Crippen molar-refractivity contribution < 1.29 is 0 Å². The van der Waals surface area contributed by atoms with E-state index in [2.05, 4.69) is 25.5 Å². The zero-order valence-electron chi connectivity index (χ0n) is 12.1. The van der Waals surface area contributed by atoms with Gasteiger partial charge in [-0.15, -0.1) is 0 Å². The summed E-state index contributed by atoms with van der Waals surface area (Å²) in [6.07, 6.45) is 4.68. The van der Waals surface area contributed by atoms with E-state index < -0.39 is 0 Å². The molecule has 108 valence electrons. The maximum atomic E-state index is 6.11. The quantitative estimate of drug-likeness (QED) is 0.634. The summed E-state index contributed by atoms with van der Waals surface area (Å²) in [5.41, 5.74) is 3.31. The van der Waals surface area contributed by atoms with Gasteiger partial charge in [0.25, 0.3) is 0 Å². The van der Waals surface area contributed by atoms with Crippen molar-refractivity contribution in [3.8, 4) is 0 Å².